The summed E-state index contributed by atoms with van der Waals surface area (Å²) in [5.74, 6) is 0.661. The van der Waals surface area contributed by atoms with Gasteiger partial charge in [0.1, 0.15) is 17.1 Å². The number of hydrogen-bond acceptors (Lipinski definition) is 4. The molecule has 0 N–H and O–H groups in total. The first-order valence-electron chi connectivity index (χ1n) is 14.4. The number of halogens is 1. The molecule has 3 heterocycles. The van der Waals surface area contributed by atoms with E-state index < -0.39 is 5.54 Å². The fourth-order valence-corrected chi connectivity index (χ4v) is 6.97. The van der Waals surface area contributed by atoms with Crippen molar-refractivity contribution >= 4 is 5.91 Å². The average Bonchev–Trinajstić information content (AvgIpc) is 3.58. The monoisotopic (exact) mass is 552 g/mol. The Morgan fingerprint density at radius 2 is 1.85 bits per heavy atom. The van der Waals surface area contributed by atoms with Gasteiger partial charge in [-0.15, -0.1) is 0 Å². The zero-order valence-electron chi connectivity index (χ0n) is 24.0. The van der Waals surface area contributed by atoms with Crippen LogP contribution in [0.25, 0.3) is 5.69 Å². The van der Waals surface area contributed by atoms with Crippen LogP contribution in [-0.2, 0) is 11.3 Å². The lowest BCUT2D eigenvalue weighted by molar-refractivity contribution is -0.151. The summed E-state index contributed by atoms with van der Waals surface area (Å²) in [6.07, 6.45) is 6.35. The van der Waals surface area contributed by atoms with Gasteiger partial charge in [-0.1, -0.05) is 48.5 Å². The Morgan fingerprint density at radius 3 is 2.56 bits per heavy atom. The second kappa shape index (κ2) is 11.1. The van der Waals surface area contributed by atoms with Crippen LogP contribution >= 0.6 is 0 Å². The third-order valence-corrected chi connectivity index (χ3v) is 9.05. The van der Waals surface area contributed by atoms with Crippen LogP contribution in [0.5, 0.6) is 5.75 Å². The van der Waals surface area contributed by atoms with Gasteiger partial charge in [0.25, 0.3) is 0 Å². The molecule has 2 saturated heterocycles. The van der Waals surface area contributed by atoms with Gasteiger partial charge in [-0.05, 0) is 74.1 Å². The van der Waals surface area contributed by atoms with Gasteiger partial charge in [0, 0.05) is 31.7 Å². The van der Waals surface area contributed by atoms with Crippen LogP contribution in [0.3, 0.4) is 0 Å². The largest absolute Gasteiger partial charge is 0.495 e. The SMILES string of the molecule is COc1cc(C2CCN(Cc3ccccc3)C23CCCN([C@@H](C)c2ccc(F)cc2)C3=O)ccc1-n1cnc(C)c1. The van der Waals surface area contributed by atoms with Crippen LogP contribution in [0.4, 0.5) is 4.39 Å². The number of nitrogens with zero attached hydrogens (tertiary/aromatic N) is 4. The highest BCUT2D eigenvalue weighted by atomic mass is 19.1. The maximum absolute atomic E-state index is 14.8. The Kier molecular flexibility index (Phi) is 7.39. The first-order valence-corrected chi connectivity index (χ1v) is 14.4. The molecule has 3 aromatic carbocycles. The van der Waals surface area contributed by atoms with E-state index in [2.05, 4.69) is 59.3 Å². The van der Waals surface area contributed by atoms with Crippen molar-refractivity contribution in [1.29, 1.82) is 0 Å². The Bertz CT molecular complexity index is 1520. The lowest BCUT2D eigenvalue weighted by Gasteiger charge is -2.49. The predicted molar refractivity (Wildman–Crippen MR) is 158 cm³/mol. The number of likely N-dealkylation sites (tertiary alicyclic amines) is 2. The van der Waals surface area contributed by atoms with Crippen LogP contribution in [0.15, 0.2) is 85.3 Å². The molecule has 41 heavy (non-hydrogen) atoms. The number of ether oxygens (including phenoxy) is 1. The molecule has 4 aromatic rings. The summed E-state index contributed by atoms with van der Waals surface area (Å²) in [7, 11) is 1.69. The third kappa shape index (κ3) is 4.93. The van der Waals surface area contributed by atoms with Crippen LogP contribution in [0, 0.1) is 12.7 Å². The number of aromatic nitrogens is 2. The van der Waals surface area contributed by atoms with Crippen LogP contribution < -0.4 is 4.74 Å². The highest BCUT2D eigenvalue weighted by Gasteiger charge is 2.57. The maximum Gasteiger partial charge on any atom is 0.244 e. The number of amides is 1. The van der Waals surface area contributed by atoms with Crippen molar-refractivity contribution in [2.45, 2.75) is 57.2 Å². The molecule has 2 aliphatic rings. The highest BCUT2D eigenvalue weighted by molar-refractivity contribution is 5.89. The number of piperidine rings is 1. The number of aryl methyl sites for hydroxylation is 1. The standard InChI is InChI=1S/C34H37FN4O2/c1-24-21-37(23-36-24)31-15-12-28(20-32(31)41-3)30-16-19-38(22-26-8-5-4-6-9-26)34(30)17-7-18-39(33(34)40)25(2)27-10-13-29(35)14-11-27/h4-6,8-15,20-21,23,25,30H,7,16-19,22H2,1-3H3/t25-,30?,34?/m0/s1. The summed E-state index contributed by atoms with van der Waals surface area (Å²) in [4.78, 5) is 23.6. The van der Waals surface area contributed by atoms with E-state index in [9.17, 15) is 9.18 Å². The molecule has 1 spiro atoms. The molecular weight excluding hydrogens is 515 g/mol. The van der Waals surface area contributed by atoms with E-state index in [1.807, 2.05) is 28.7 Å². The van der Waals surface area contributed by atoms with Crippen molar-refractivity contribution in [2.75, 3.05) is 20.2 Å². The quantitative estimate of drug-likeness (QED) is 0.265. The molecule has 2 fully saturated rings. The van der Waals surface area contributed by atoms with E-state index in [1.54, 1.807) is 25.6 Å². The van der Waals surface area contributed by atoms with E-state index in [0.717, 1.165) is 54.1 Å². The number of carbonyl (C=O) groups is 1. The molecular formula is C34H37FN4O2. The van der Waals surface area contributed by atoms with Crippen LogP contribution in [0.1, 0.15) is 60.5 Å². The molecule has 0 bridgehead atoms. The fraction of sp³-hybridized carbons (Fsp3) is 0.353. The third-order valence-electron chi connectivity index (χ3n) is 9.05. The molecule has 212 valence electrons. The Hall–Kier alpha value is -3.97. The second-order valence-electron chi connectivity index (χ2n) is 11.4. The highest BCUT2D eigenvalue weighted by Crippen LogP contribution is 2.50. The van der Waals surface area contributed by atoms with Crippen LogP contribution in [0.2, 0.25) is 0 Å². The van der Waals surface area contributed by atoms with E-state index in [0.29, 0.717) is 13.1 Å². The molecule has 1 amide bonds. The predicted octanol–water partition coefficient (Wildman–Crippen LogP) is 6.44. The zero-order chi connectivity index (χ0) is 28.6. The Labute approximate surface area is 241 Å². The number of carbonyl (C=O) groups excluding carboxylic acids is 1. The van der Waals surface area contributed by atoms with E-state index in [1.165, 1.54) is 17.7 Å². The molecule has 0 aliphatic carbocycles. The molecule has 6 rings (SSSR count). The minimum atomic E-state index is -0.680. The van der Waals surface area contributed by atoms with Gasteiger partial charge in [-0.3, -0.25) is 9.69 Å². The molecule has 3 atom stereocenters. The van der Waals surface area contributed by atoms with E-state index >= 15 is 0 Å². The van der Waals surface area contributed by atoms with Gasteiger partial charge < -0.3 is 14.2 Å². The summed E-state index contributed by atoms with van der Waals surface area (Å²) in [6.45, 7) is 6.25. The second-order valence-corrected chi connectivity index (χ2v) is 11.4. The smallest absolute Gasteiger partial charge is 0.244 e. The lowest BCUT2D eigenvalue weighted by Crippen LogP contribution is -2.62. The minimum absolute atomic E-state index is 0.00871. The minimum Gasteiger partial charge on any atom is -0.495 e. The summed E-state index contributed by atoms with van der Waals surface area (Å²) in [5.41, 5.74) is 4.44. The number of benzene rings is 3. The van der Waals surface area contributed by atoms with Crippen LogP contribution in [-0.4, -0.2) is 51.0 Å². The molecule has 0 saturated carbocycles. The maximum atomic E-state index is 14.8. The lowest BCUT2D eigenvalue weighted by atomic mass is 9.73. The Balaban J connectivity index is 1.40. The van der Waals surface area contributed by atoms with Crippen molar-refractivity contribution in [3.05, 3.63) is 114 Å². The van der Waals surface area contributed by atoms with Gasteiger partial charge >= 0.3 is 0 Å². The molecule has 7 heteroatoms. The summed E-state index contributed by atoms with van der Waals surface area (Å²) in [6, 6.07) is 23.2. The summed E-state index contributed by atoms with van der Waals surface area (Å²) >= 11 is 0. The molecule has 2 aliphatic heterocycles. The zero-order valence-corrected chi connectivity index (χ0v) is 24.0. The Morgan fingerprint density at radius 1 is 1.07 bits per heavy atom. The number of methoxy groups -OCH3 is 1. The van der Waals surface area contributed by atoms with Crippen molar-refractivity contribution < 1.29 is 13.9 Å². The molecule has 6 nitrogen and oxygen atoms in total. The first-order chi connectivity index (χ1) is 19.9. The van der Waals surface area contributed by atoms with Crippen molar-refractivity contribution in [3.63, 3.8) is 0 Å². The average molecular weight is 553 g/mol. The normalized spacial score (nSPS) is 21.9. The van der Waals surface area contributed by atoms with Crippen molar-refractivity contribution in [3.8, 4) is 11.4 Å². The summed E-state index contributed by atoms with van der Waals surface area (Å²) in [5, 5.41) is 0. The van der Waals surface area contributed by atoms with Crippen molar-refractivity contribution in [2.24, 2.45) is 0 Å². The van der Waals surface area contributed by atoms with Gasteiger partial charge in [-0.25, -0.2) is 9.37 Å². The number of imidazole rings is 1. The molecule has 1 aromatic heterocycles. The van der Waals surface area contributed by atoms with Gasteiger partial charge in [-0.2, -0.15) is 0 Å². The van der Waals surface area contributed by atoms with Gasteiger partial charge in [0.05, 0.1) is 30.9 Å². The topological polar surface area (TPSA) is 50.6 Å². The number of rotatable bonds is 7. The number of hydrogen-bond donors (Lipinski definition) is 0. The fourth-order valence-electron chi connectivity index (χ4n) is 6.97. The van der Waals surface area contributed by atoms with Gasteiger partial charge in [0.2, 0.25) is 5.91 Å². The van der Waals surface area contributed by atoms with Crippen molar-refractivity contribution in [1.82, 2.24) is 19.4 Å². The first kappa shape index (κ1) is 27.2. The van der Waals surface area contributed by atoms with Gasteiger partial charge in [0.15, 0.2) is 0 Å². The summed E-state index contributed by atoms with van der Waals surface area (Å²) < 4.78 is 21.6. The molecule has 2 unspecified atom stereocenters. The molecule has 0 radical (unpaired) electrons. The van der Waals surface area contributed by atoms with E-state index in [-0.39, 0.29) is 23.7 Å². The van der Waals surface area contributed by atoms with E-state index in [4.69, 9.17) is 4.74 Å².